The topological polar surface area (TPSA) is 119 Å². The van der Waals surface area contributed by atoms with E-state index in [9.17, 15) is 9.59 Å². The van der Waals surface area contributed by atoms with Gasteiger partial charge in [0, 0.05) is 19.3 Å². The molecule has 1 saturated heterocycles. The van der Waals surface area contributed by atoms with Gasteiger partial charge in [0.25, 0.3) is 11.8 Å². The minimum atomic E-state index is -0.788. The van der Waals surface area contributed by atoms with E-state index in [1.54, 1.807) is 35.2 Å². The number of hydrogen-bond acceptors (Lipinski definition) is 6. The molecular formula is C20H19Cl2N7O2. The average Bonchev–Trinajstić information content (AvgIpc) is 3.09. The summed E-state index contributed by atoms with van der Waals surface area (Å²) in [4.78, 5) is 31.5. The molecule has 160 valence electrons. The maximum absolute atomic E-state index is 12.5. The van der Waals surface area contributed by atoms with Crippen molar-refractivity contribution >= 4 is 46.7 Å². The number of rotatable bonds is 5. The van der Waals surface area contributed by atoms with E-state index in [0.717, 1.165) is 4.80 Å². The second-order valence-corrected chi connectivity index (χ2v) is 8.82. The molecule has 0 unspecified atom stereocenters. The normalized spacial score (nSPS) is 14.8. The van der Waals surface area contributed by atoms with Gasteiger partial charge in [0.15, 0.2) is 11.5 Å². The molecule has 1 fully saturated rings. The van der Waals surface area contributed by atoms with E-state index in [1.807, 2.05) is 0 Å². The van der Waals surface area contributed by atoms with Crippen molar-refractivity contribution in [3.63, 3.8) is 0 Å². The zero-order valence-corrected chi connectivity index (χ0v) is 18.3. The number of halogens is 2. The maximum Gasteiger partial charge on any atom is 0.273 e. The van der Waals surface area contributed by atoms with Gasteiger partial charge in [-0.25, -0.2) is 4.98 Å². The van der Waals surface area contributed by atoms with Gasteiger partial charge in [0.05, 0.1) is 15.6 Å². The lowest BCUT2D eigenvalue weighted by atomic mass is 9.84. The highest BCUT2D eigenvalue weighted by Crippen LogP contribution is 2.30. The third kappa shape index (κ3) is 4.19. The van der Waals surface area contributed by atoms with Crippen molar-refractivity contribution in [3.05, 3.63) is 57.8 Å². The lowest BCUT2D eigenvalue weighted by molar-refractivity contribution is 0.0236. The van der Waals surface area contributed by atoms with Crippen molar-refractivity contribution in [2.24, 2.45) is 11.1 Å². The van der Waals surface area contributed by atoms with Crippen molar-refractivity contribution in [2.75, 3.05) is 18.4 Å². The summed E-state index contributed by atoms with van der Waals surface area (Å²) in [6, 6.07) is 8.20. The van der Waals surface area contributed by atoms with Crippen molar-refractivity contribution in [1.29, 1.82) is 0 Å². The Morgan fingerprint density at radius 3 is 2.32 bits per heavy atom. The molecule has 1 aliphatic heterocycles. The fraction of sp³-hybridized carbons (Fsp3) is 0.250. The molecule has 3 N–H and O–H groups in total. The molecule has 3 aromatic rings. The lowest BCUT2D eigenvalue weighted by Gasteiger charge is -2.45. The summed E-state index contributed by atoms with van der Waals surface area (Å²) in [6.07, 6.45) is 1.47. The molecular weight excluding hydrogens is 441 g/mol. The van der Waals surface area contributed by atoms with E-state index < -0.39 is 5.91 Å². The molecule has 3 heterocycles. The number of para-hydroxylation sites is 1. The number of nitrogens with one attached hydrogen (secondary N) is 1. The number of aromatic nitrogens is 4. The van der Waals surface area contributed by atoms with E-state index in [-0.39, 0.29) is 22.8 Å². The van der Waals surface area contributed by atoms with Crippen LogP contribution in [0.2, 0.25) is 10.0 Å². The number of nitrogens with two attached hydrogens (primary N) is 1. The van der Waals surface area contributed by atoms with Crippen LogP contribution >= 0.6 is 23.2 Å². The summed E-state index contributed by atoms with van der Waals surface area (Å²) >= 11 is 12.4. The van der Waals surface area contributed by atoms with Gasteiger partial charge < -0.3 is 16.0 Å². The second-order valence-electron chi connectivity index (χ2n) is 8.00. The fourth-order valence-corrected chi connectivity index (χ4v) is 3.91. The Morgan fingerprint density at radius 1 is 1.10 bits per heavy atom. The molecule has 0 radical (unpaired) electrons. The number of amides is 2. The van der Waals surface area contributed by atoms with E-state index in [0.29, 0.717) is 40.2 Å². The molecule has 2 amide bonds. The van der Waals surface area contributed by atoms with Crippen LogP contribution in [0.15, 0.2) is 36.5 Å². The van der Waals surface area contributed by atoms with Crippen LogP contribution in [0, 0.1) is 5.41 Å². The van der Waals surface area contributed by atoms with E-state index in [2.05, 4.69) is 34.3 Å². The van der Waals surface area contributed by atoms with Crippen LogP contribution in [0.4, 0.5) is 11.6 Å². The predicted octanol–water partition coefficient (Wildman–Crippen LogP) is 3.29. The van der Waals surface area contributed by atoms with Crippen LogP contribution in [-0.2, 0) is 0 Å². The second kappa shape index (κ2) is 7.82. The Morgan fingerprint density at radius 2 is 1.77 bits per heavy atom. The van der Waals surface area contributed by atoms with Gasteiger partial charge in [0.1, 0.15) is 11.5 Å². The predicted molar refractivity (Wildman–Crippen MR) is 117 cm³/mol. The summed E-state index contributed by atoms with van der Waals surface area (Å²) in [5.74, 6) is -0.417. The minimum absolute atomic E-state index is 0.0736. The smallest absolute Gasteiger partial charge is 0.273 e. The highest BCUT2D eigenvalue weighted by Gasteiger charge is 2.37. The Hall–Kier alpha value is -3.17. The van der Waals surface area contributed by atoms with Crippen molar-refractivity contribution in [2.45, 2.75) is 13.8 Å². The third-order valence-electron chi connectivity index (χ3n) is 4.77. The highest BCUT2D eigenvalue weighted by molar-refractivity contribution is 6.37. The number of benzene rings is 1. The molecule has 2 aromatic heterocycles. The molecule has 1 aliphatic rings. The monoisotopic (exact) mass is 459 g/mol. The number of primary amides is 1. The summed E-state index contributed by atoms with van der Waals surface area (Å²) in [7, 11) is 0. The first-order chi connectivity index (χ1) is 14.6. The van der Waals surface area contributed by atoms with Gasteiger partial charge in [-0.2, -0.15) is 0 Å². The van der Waals surface area contributed by atoms with Crippen molar-refractivity contribution in [1.82, 2.24) is 24.9 Å². The zero-order valence-electron chi connectivity index (χ0n) is 16.8. The van der Waals surface area contributed by atoms with Crippen LogP contribution in [0.25, 0.3) is 5.69 Å². The number of carbonyl (C=O) groups excluding carboxylic acids is 2. The molecule has 11 heteroatoms. The number of carbonyl (C=O) groups is 2. The Kier molecular flexibility index (Phi) is 5.32. The Balaban J connectivity index is 1.57. The Bertz CT molecular complexity index is 1150. The van der Waals surface area contributed by atoms with Crippen LogP contribution in [0.5, 0.6) is 0 Å². The molecule has 0 bridgehead atoms. The summed E-state index contributed by atoms with van der Waals surface area (Å²) in [5, 5.41) is 11.9. The fourth-order valence-electron chi connectivity index (χ4n) is 3.37. The summed E-state index contributed by atoms with van der Waals surface area (Å²) in [6.45, 7) is 5.64. The largest absolute Gasteiger partial charge is 0.364 e. The molecule has 31 heavy (non-hydrogen) atoms. The maximum atomic E-state index is 12.5. The summed E-state index contributed by atoms with van der Waals surface area (Å²) in [5.41, 5.74) is 6.27. The van der Waals surface area contributed by atoms with Gasteiger partial charge in [-0.05, 0) is 29.7 Å². The molecule has 0 atom stereocenters. The minimum Gasteiger partial charge on any atom is -0.364 e. The SMILES string of the molecule is CC1(C)CN(C(=O)c2ccc(Nc3nn(-c4c(Cl)cccc4Cl)nc3C(N)=O)nc2)C1. The van der Waals surface area contributed by atoms with Crippen LogP contribution in [0.1, 0.15) is 34.7 Å². The quantitative estimate of drug-likeness (QED) is 0.603. The lowest BCUT2D eigenvalue weighted by Crippen LogP contribution is -2.55. The van der Waals surface area contributed by atoms with Crippen molar-refractivity contribution < 1.29 is 9.59 Å². The molecule has 0 saturated carbocycles. The summed E-state index contributed by atoms with van der Waals surface area (Å²) < 4.78 is 0. The number of anilines is 2. The van der Waals surface area contributed by atoms with E-state index >= 15 is 0 Å². The van der Waals surface area contributed by atoms with E-state index in [4.69, 9.17) is 28.9 Å². The molecule has 9 nitrogen and oxygen atoms in total. The standard InChI is InChI=1S/C20H19Cl2N7O2/c1-20(2)9-28(10-20)19(31)11-6-7-14(24-8-11)25-18-15(17(23)30)26-29(27-18)16-12(21)4-3-5-13(16)22/h3-8H,9-10H2,1-2H3,(H2,23,30)(H,24,25,27). The van der Waals surface area contributed by atoms with Gasteiger partial charge in [-0.3, -0.25) is 9.59 Å². The first-order valence-electron chi connectivity index (χ1n) is 9.38. The Labute approximate surface area is 188 Å². The average molecular weight is 460 g/mol. The molecule has 0 aliphatic carbocycles. The zero-order chi connectivity index (χ0) is 22.3. The van der Waals surface area contributed by atoms with Gasteiger partial charge in [-0.1, -0.05) is 43.1 Å². The molecule has 1 aromatic carbocycles. The first-order valence-corrected chi connectivity index (χ1v) is 10.1. The molecule has 0 spiro atoms. The molecule has 4 rings (SSSR count). The number of pyridine rings is 1. The highest BCUT2D eigenvalue weighted by atomic mass is 35.5. The van der Waals surface area contributed by atoms with Gasteiger partial charge in [0.2, 0.25) is 0 Å². The van der Waals surface area contributed by atoms with Gasteiger partial charge >= 0.3 is 0 Å². The number of likely N-dealkylation sites (tertiary alicyclic amines) is 1. The van der Waals surface area contributed by atoms with Crippen LogP contribution < -0.4 is 11.1 Å². The van der Waals surface area contributed by atoms with Crippen LogP contribution in [-0.4, -0.2) is 49.8 Å². The third-order valence-corrected chi connectivity index (χ3v) is 5.38. The van der Waals surface area contributed by atoms with E-state index in [1.165, 1.54) is 6.20 Å². The van der Waals surface area contributed by atoms with Crippen molar-refractivity contribution in [3.8, 4) is 5.69 Å². The number of hydrogen-bond donors (Lipinski definition) is 2. The first kappa shape index (κ1) is 21.1. The van der Waals surface area contributed by atoms with Gasteiger partial charge in [-0.15, -0.1) is 15.0 Å². The van der Waals surface area contributed by atoms with Crippen LogP contribution in [0.3, 0.4) is 0 Å². The number of nitrogens with zero attached hydrogens (tertiary/aromatic N) is 5.